The molecular formula is C17H18FNOS. The lowest BCUT2D eigenvalue weighted by atomic mass is 10.0. The Morgan fingerprint density at radius 2 is 2.14 bits per heavy atom. The quantitative estimate of drug-likeness (QED) is 0.880. The molecule has 0 bridgehead atoms. The van der Waals surface area contributed by atoms with Crippen LogP contribution >= 0.6 is 11.8 Å². The van der Waals surface area contributed by atoms with E-state index in [2.05, 4.69) is 18.3 Å². The lowest BCUT2D eigenvalue weighted by Crippen LogP contribution is -2.17. The molecule has 0 saturated carbocycles. The van der Waals surface area contributed by atoms with Crippen molar-refractivity contribution in [1.82, 2.24) is 0 Å². The minimum Gasteiger partial charge on any atom is -0.495 e. The van der Waals surface area contributed by atoms with E-state index in [1.165, 1.54) is 11.6 Å². The Kier molecular flexibility index (Phi) is 4.06. The van der Waals surface area contributed by atoms with Crippen molar-refractivity contribution < 1.29 is 9.13 Å². The summed E-state index contributed by atoms with van der Waals surface area (Å²) in [6, 6.07) is 11.5. The lowest BCUT2D eigenvalue weighted by molar-refractivity contribution is 0.415. The maximum absolute atomic E-state index is 13.9. The predicted octanol–water partition coefficient (Wildman–Crippen LogP) is 4.79. The molecule has 1 aliphatic heterocycles. The number of rotatable bonds is 3. The summed E-state index contributed by atoms with van der Waals surface area (Å²) >= 11 is 1.60. The summed E-state index contributed by atoms with van der Waals surface area (Å²) in [6.45, 7) is 2.05. The third-order valence-corrected chi connectivity index (χ3v) is 4.87. The number of benzene rings is 2. The molecule has 2 aromatic rings. The summed E-state index contributed by atoms with van der Waals surface area (Å²) in [6.07, 6.45) is 0.970. The first kappa shape index (κ1) is 14.3. The molecule has 0 saturated heterocycles. The van der Waals surface area contributed by atoms with Crippen molar-refractivity contribution in [2.75, 3.05) is 18.2 Å². The van der Waals surface area contributed by atoms with E-state index in [0.717, 1.165) is 34.1 Å². The van der Waals surface area contributed by atoms with Gasteiger partial charge >= 0.3 is 0 Å². The Bertz CT molecular complexity index is 659. The minimum atomic E-state index is -0.125. The molecule has 0 aliphatic carbocycles. The molecule has 2 nitrogen and oxygen atoms in total. The first-order chi connectivity index (χ1) is 10.2. The SMILES string of the molecule is COc1ccc(C)cc1NC1CCSc2c(F)cccc21. The van der Waals surface area contributed by atoms with Crippen LogP contribution in [0.1, 0.15) is 23.6 Å². The number of ether oxygens (including phenoxy) is 1. The molecule has 1 N–H and O–H groups in total. The average molecular weight is 303 g/mol. The number of nitrogens with one attached hydrogen (secondary N) is 1. The van der Waals surface area contributed by atoms with E-state index in [-0.39, 0.29) is 11.9 Å². The Morgan fingerprint density at radius 3 is 2.95 bits per heavy atom. The second kappa shape index (κ2) is 5.98. The summed E-state index contributed by atoms with van der Waals surface area (Å²) in [4.78, 5) is 0.771. The van der Waals surface area contributed by atoms with Crippen molar-refractivity contribution >= 4 is 17.4 Å². The molecule has 0 spiro atoms. The molecule has 2 aromatic carbocycles. The fourth-order valence-corrected chi connectivity index (χ4v) is 3.80. The van der Waals surface area contributed by atoms with Gasteiger partial charge in [0.15, 0.2) is 0 Å². The largest absolute Gasteiger partial charge is 0.495 e. The molecule has 0 aromatic heterocycles. The van der Waals surface area contributed by atoms with Crippen molar-refractivity contribution in [3.63, 3.8) is 0 Å². The molecule has 1 heterocycles. The summed E-state index contributed by atoms with van der Waals surface area (Å²) < 4.78 is 19.3. The number of anilines is 1. The highest BCUT2D eigenvalue weighted by molar-refractivity contribution is 7.99. The van der Waals surface area contributed by atoms with Gasteiger partial charge in [0, 0.05) is 10.6 Å². The monoisotopic (exact) mass is 303 g/mol. The number of methoxy groups -OCH3 is 1. The van der Waals surface area contributed by atoms with Crippen LogP contribution in [0.15, 0.2) is 41.3 Å². The van der Waals surface area contributed by atoms with Crippen LogP contribution in [0.2, 0.25) is 0 Å². The average Bonchev–Trinajstić information content (AvgIpc) is 2.49. The number of hydrogen-bond acceptors (Lipinski definition) is 3. The first-order valence-corrected chi connectivity index (χ1v) is 8.00. The van der Waals surface area contributed by atoms with E-state index in [9.17, 15) is 4.39 Å². The summed E-state index contributed by atoms with van der Waals surface area (Å²) in [7, 11) is 1.67. The molecule has 1 atom stereocenters. The minimum absolute atomic E-state index is 0.118. The standard InChI is InChI=1S/C17H18FNOS/c1-11-6-7-16(20-2)15(10-11)19-14-8-9-21-17-12(14)4-3-5-13(17)18/h3-7,10,14,19H,8-9H2,1-2H3. The van der Waals surface area contributed by atoms with Crippen LogP contribution in [0.5, 0.6) is 5.75 Å². The Morgan fingerprint density at radius 1 is 1.29 bits per heavy atom. The first-order valence-electron chi connectivity index (χ1n) is 7.01. The van der Waals surface area contributed by atoms with Gasteiger partial charge in [-0.3, -0.25) is 0 Å². The second-order valence-corrected chi connectivity index (χ2v) is 6.30. The maximum Gasteiger partial charge on any atom is 0.141 e. The highest BCUT2D eigenvalue weighted by Gasteiger charge is 2.23. The molecule has 4 heteroatoms. The van der Waals surface area contributed by atoms with E-state index < -0.39 is 0 Å². The van der Waals surface area contributed by atoms with Gasteiger partial charge in [-0.15, -0.1) is 11.8 Å². The third kappa shape index (κ3) is 2.86. The molecule has 1 aliphatic rings. The highest BCUT2D eigenvalue weighted by atomic mass is 32.2. The summed E-state index contributed by atoms with van der Waals surface area (Å²) in [5, 5.41) is 3.52. The summed E-state index contributed by atoms with van der Waals surface area (Å²) in [5.74, 6) is 1.61. The van der Waals surface area contributed by atoms with Gasteiger partial charge in [0.1, 0.15) is 11.6 Å². The topological polar surface area (TPSA) is 21.3 Å². The molecule has 0 amide bonds. The Hall–Kier alpha value is -1.68. The zero-order valence-corrected chi connectivity index (χ0v) is 13.0. The van der Waals surface area contributed by atoms with Crippen molar-refractivity contribution in [2.45, 2.75) is 24.3 Å². The zero-order chi connectivity index (χ0) is 14.8. The van der Waals surface area contributed by atoms with Gasteiger partial charge in [0.25, 0.3) is 0 Å². The van der Waals surface area contributed by atoms with Gasteiger partial charge < -0.3 is 10.1 Å². The normalized spacial score (nSPS) is 17.2. The van der Waals surface area contributed by atoms with Crippen molar-refractivity contribution in [3.8, 4) is 5.75 Å². The number of halogens is 1. The highest BCUT2D eigenvalue weighted by Crippen LogP contribution is 2.40. The van der Waals surface area contributed by atoms with Gasteiger partial charge in [0.2, 0.25) is 0 Å². The molecular weight excluding hydrogens is 285 g/mol. The van der Waals surface area contributed by atoms with Crippen LogP contribution in [-0.4, -0.2) is 12.9 Å². The maximum atomic E-state index is 13.9. The second-order valence-electron chi connectivity index (χ2n) is 5.20. The number of fused-ring (bicyclic) bond motifs is 1. The molecule has 0 radical (unpaired) electrons. The van der Waals surface area contributed by atoms with E-state index in [0.29, 0.717) is 0 Å². The van der Waals surface area contributed by atoms with E-state index in [1.54, 1.807) is 24.9 Å². The molecule has 110 valence electrons. The Balaban J connectivity index is 1.94. The number of aryl methyl sites for hydroxylation is 1. The molecule has 21 heavy (non-hydrogen) atoms. The van der Waals surface area contributed by atoms with Crippen molar-refractivity contribution in [1.29, 1.82) is 0 Å². The van der Waals surface area contributed by atoms with Crippen LogP contribution in [0.3, 0.4) is 0 Å². The van der Waals surface area contributed by atoms with Gasteiger partial charge in [-0.25, -0.2) is 4.39 Å². The van der Waals surface area contributed by atoms with E-state index >= 15 is 0 Å². The molecule has 1 unspecified atom stereocenters. The van der Waals surface area contributed by atoms with Gasteiger partial charge in [-0.05, 0) is 42.7 Å². The van der Waals surface area contributed by atoms with E-state index in [1.807, 2.05) is 18.2 Å². The van der Waals surface area contributed by atoms with Crippen LogP contribution < -0.4 is 10.1 Å². The van der Waals surface area contributed by atoms with E-state index in [4.69, 9.17) is 4.74 Å². The van der Waals surface area contributed by atoms with Gasteiger partial charge in [-0.1, -0.05) is 18.2 Å². The number of thioether (sulfide) groups is 1. The molecule has 0 fully saturated rings. The van der Waals surface area contributed by atoms with Crippen molar-refractivity contribution in [3.05, 3.63) is 53.3 Å². The fourth-order valence-electron chi connectivity index (χ4n) is 2.66. The van der Waals surface area contributed by atoms with Gasteiger partial charge in [-0.2, -0.15) is 0 Å². The van der Waals surface area contributed by atoms with Crippen LogP contribution in [-0.2, 0) is 0 Å². The predicted molar refractivity (Wildman–Crippen MR) is 85.8 cm³/mol. The Labute approximate surface area is 128 Å². The third-order valence-electron chi connectivity index (χ3n) is 3.71. The van der Waals surface area contributed by atoms with Gasteiger partial charge in [0.05, 0.1) is 18.8 Å². The van der Waals surface area contributed by atoms with Crippen LogP contribution in [0.25, 0.3) is 0 Å². The van der Waals surface area contributed by atoms with Crippen LogP contribution in [0, 0.1) is 12.7 Å². The lowest BCUT2D eigenvalue weighted by Gasteiger charge is -2.27. The van der Waals surface area contributed by atoms with Crippen molar-refractivity contribution in [2.24, 2.45) is 0 Å². The zero-order valence-electron chi connectivity index (χ0n) is 12.2. The fraction of sp³-hybridized carbons (Fsp3) is 0.294. The molecule has 3 rings (SSSR count). The number of hydrogen-bond donors (Lipinski definition) is 1. The smallest absolute Gasteiger partial charge is 0.141 e. The van der Waals surface area contributed by atoms with Crippen LogP contribution in [0.4, 0.5) is 10.1 Å². The summed E-state index contributed by atoms with van der Waals surface area (Å²) in [5.41, 5.74) is 3.17.